The van der Waals surface area contributed by atoms with E-state index in [-0.39, 0.29) is 0 Å². The van der Waals surface area contributed by atoms with Crippen molar-refractivity contribution < 1.29 is 4.42 Å². The van der Waals surface area contributed by atoms with Gasteiger partial charge in [0.05, 0.1) is 11.1 Å². The summed E-state index contributed by atoms with van der Waals surface area (Å²) in [5.41, 5.74) is 5.80. The summed E-state index contributed by atoms with van der Waals surface area (Å²) in [6.07, 6.45) is 4.19. The van der Waals surface area contributed by atoms with Crippen molar-refractivity contribution in [3.05, 3.63) is 39.9 Å². The summed E-state index contributed by atoms with van der Waals surface area (Å²) in [5, 5.41) is 8.09. The average Bonchev–Trinajstić information content (AvgIpc) is 3.12. The molecule has 1 aromatic carbocycles. The summed E-state index contributed by atoms with van der Waals surface area (Å²) in [6.45, 7) is 2.15. The van der Waals surface area contributed by atoms with E-state index in [9.17, 15) is 0 Å². The van der Waals surface area contributed by atoms with Crippen molar-refractivity contribution in [2.75, 3.05) is 0 Å². The summed E-state index contributed by atoms with van der Waals surface area (Å²) in [6, 6.07) is 6.43. The number of rotatable bonds is 2. The van der Waals surface area contributed by atoms with Gasteiger partial charge in [0.25, 0.3) is 4.84 Å². The molecule has 0 spiro atoms. The van der Waals surface area contributed by atoms with Crippen LogP contribution in [0.1, 0.15) is 30.2 Å². The van der Waals surface area contributed by atoms with Gasteiger partial charge < -0.3 is 4.42 Å². The van der Waals surface area contributed by atoms with Gasteiger partial charge in [0.2, 0.25) is 5.89 Å². The molecule has 0 saturated carbocycles. The molecule has 0 saturated heterocycles. The first-order valence-corrected chi connectivity index (χ1v) is 7.67. The second kappa shape index (κ2) is 4.77. The number of hydrogen-bond donors (Lipinski definition) is 1. The van der Waals surface area contributed by atoms with Gasteiger partial charge in [0.15, 0.2) is 0 Å². The Bertz CT molecular complexity index is 894. The average molecular weight is 297 g/mol. The lowest BCUT2D eigenvalue weighted by atomic mass is 9.99. The number of nitrogens with one attached hydrogen (secondary N) is 1. The van der Waals surface area contributed by atoms with Crippen molar-refractivity contribution >= 4 is 23.1 Å². The lowest BCUT2D eigenvalue weighted by Crippen LogP contribution is -1.96. The summed E-state index contributed by atoms with van der Waals surface area (Å²) in [4.78, 5) is 5.13. The fourth-order valence-corrected chi connectivity index (χ4v) is 3.23. The van der Waals surface area contributed by atoms with Crippen LogP contribution in [0.3, 0.4) is 0 Å². The number of fused-ring (bicyclic) bond motifs is 2. The molecule has 0 radical (unpaired) electrons. The van der Waals surface area contributed by atoms with E-state index in [2.05, 4.69) is 35.3 Å². The zero-order valence-corrected chi connectivity index (χ0v) is 12.6. The number of aromatic nitrogens is 3. The summed E-state index contributed by atoms with van der Waals surface area (Å²) in [7, 11) is 0. The Morgan fingerprint density at radius 3 is 3.00 bits per heavy atom. The fraction of sp³-hybridized carbons (Fsp3) is 0.312. The number of nitrogens with zero attached hydrogens (tertiary/aromatic N) is 2. The van der Waals surface area contributed by atoms with Crippen molar-refractivity contribution in [1.82, 2.24) is 15.2 Å². The monoisotopic (exact) mass is 297 g/mol. The standard InChI is InChI=1S/C16H15N3OS/c1-2-9-6-7-13-11(8-9)14(15-18-19-16(21)20-15)10-4-3-5-12(10)17-13/h6-8H,2-5H2,1H3,(H,19,21). The molecule has 4 nitrogen and oxygen atoms in total. The Hall–Kier alpha value is -2.01. The Kier molecular flexibility index (Phi) is 2.89. The zero-order valence-electron chi connectivity index (χ0n) is 11.8. The molecular weight excluding hydrogens is 282 g/mol. The molecule has 21 heavy (non-hydrogen) atoms. The molecule has 1 aliphatic carbocycles. The van der Waals surface area contributed by atoms with Crippen molar-refractivity contribution in [1.29, 1.82) is 0 Å². The molecule has 0 amide bonds. The van der Waals surface area contributed by atoms with E-state index in [0.717, 1.165) is 42.1 Å². The second-order valence-corrected chi connectivity index (χ2v) is 5.76. The molecule has 4 rings (SSSR count). The van der Waals surface area contributed by atoms with Gasteiger partial charge in [-0.1, -0.05) is 13.0 Å². The first kappa shape index (κ1) is 12.7. The van der Waals surface area contributed by atoms with E-state index in [1.807, 2.05) is 0 Å². The summed E-state index contributed by atoms with van der Waals surface area (Å²) in [5.74, 6) is 0.582. The Morgan fingerprint density at radius 2 is 2.24 bits per heavy atom. The molecule has 1 aliphatic rings. The topological polar surface area (TPSA) is 54.7 Å². The van der Waals surface area contributed by atoms with Crippen LogP contribution in [0.15, 0.2) is 22.6 Å². The third kappa shape index (κ3) is 2.00. The van der Waals surface area contributed by atoms with Crippen molar-refractivity contribution in [3.63, 3.8) is 0 Å². The molecule has 2 aromatic heterocycles. The maximum atomic E-state index is 5.60. The van der Waals surface area contributed by atoms with Crippen molar-refractivity contribution in [2.24, 2.45) is 0 Å². The van der Waals surface area contributed by atoms with Crippen LogP contribution in [0.5, 0.6) is 0 Å². The van der Waals surface area contributed by atoms with Gasteiger partial charge in [-0.3, -0.25) is 4.98 Å². The SMILES string of the molecule is CCc1ccc2nc3c(c(-c4n[nH]c(=S)o4)c2c1)CCC3. The quantitative estimate of drug-likeness (QED) is 0.726. The maximum absolute atomic E-state index is 5.60. The van der Waals surface area contributed by atoms with Crippen LogP contribution in [-0.4, -0.2) is 15.2 Å². The minimum absolute atomic E-state index is 0.313. The lowest BCUT2D eigenvalue weighted by molar-refractivity contribution is 0.552. The third-order valence-corrected chi connectivity index (χ3v) is 4.31. The van der Waals surface area contributed by atoms with Crippen LogP contribution >= 0.6 is 12.2 Å². The zero-order chi connectivity index (χ0) is 14.4. The van der Waals surface area contributed by atoms with E-state index in [4.69, 9.17) is 21.6 Å². The Balaban J connectivity index is 2.11. The largest absolute Gasteiger partial charge is 0.409 e. The van der Waals surface area contributed by atoms with E-state index in [1.54, 1.807) is 0 Å². The number of H-pyrrole nitrogens is 1. The highest BCUT2D eigenvalue weighted by atomic mass is 32.1. The smallest absolute Gasteiger partial charge is 0.284 e. The van der Waals surface area contributed by atoms with Crippen LogP contribution in [0, 0.1) is 4.84 Å². The van der Waals surface area contributed by atoms with Gasteiger partial charge in [-0.05, 0) is 61.2 Å². The molecule has 0 bridgehead atoms. The number of aromatic amines is 1. The normalized spacial score (nSPS) is 13.8. The molecule has 0 atom stereocenters. The minimum Gasteiger partial charge on any atom is -0.409 e. The summed E-state index contributed by atoms with van der Waals surface area (Å²) >= 11 is 5.03. The Labute approximate surface area is 127 Å². The highest BCUT2D eigenvalue weighted by molar-refractivity contribution is 7.71. The van der Waals surface area contributed by atoms with Crippen LogP contribution < -0.4 is 0 Å². The molecule has 3 aromatic rings. The molecular formula is C16H15N3OS. The maximum Gasteiger partial charge on any atom is 0.284 e. The summed E-state index contributed by atoms with van der Waals surface area (Å²) < 4.78 is 5.60. The third-order valence-electron chi connectivity index (χ3n) is 4.14. The van der Waals surface area contributed by atoms with Gasteiger partial charge in [0.1, 0.15) is 0 Å². The van der Waals surface area contributed by atoms with Crippen LogP contribution in [0.2, 0.25) is 0 Å². The molecule has 0 aliphatic heterocycles. The van der Waals surface area contributed by atoms with E-state index < -0.39 is 0 Å². The van der Waals surface area contributed by atoms with Crippen molar-refractivity contribution in [2.45, 2.75) is 32.6 Å². The molecule has 106 valence electrons. The first-order chi connectivity index (χ1) is 10.3. The van der Waals surface area contributed by atoms with Crippen LogP contribution in [0.4, 0.5) is 0 Å². The first-order valence-electron chi connectivity index (χ1n) is 7.26. The number of hydrogen-bond acceptors (Lipinski definition) is 4. The highest BCUT2D eigenvalue weighted by Gasteiger charge is 2.23. The number of pyridine rings is 1. The number of benzene rings is 1. The molecule has 0 unspecified atom stereocenters. The highest BCUT2D eigenvalue weighted by Crippen LogP contribution is 2.36. The predicted octanol–water partition coefficient (Wildman–Crippen LogP) is 4.00. The molecule has 0 fully saturated rings. The molecule has 2 heterocycles. The van der Waals surface area contributed by atoms with Gasteiger partial charge >= 0.3 is 0 Å². The van der Waals surface area contributed by atoms with Gasteiger partial charge in [-0.2, -0.15) is 0 Å². The lowest BCUT2D eigenvalue weighted by Gasteiger charge is -2.10. The second-order valence-electron chi connectivity index (χ2n) is 5.39. The van der Waals surface area contributed by atoms with Crippen LogP contribution in [0.25, 0.3) is 22.4 Å². The van der Waals surface area contributed by atoms with Gasteiger partial charge in [-0.15, -0.1) is 5.10 Å². The van der Waals surface area contributed by atoms with E-state index in [0.29, 0.717) is 10.7 Å². The van der Waals surface area contributed by atoms with E-state index >= 15 is 0 Å². The molecule has 1 N–H and O–H groups in total. The Morgan fingerprint density at radius 1 is 1.33 bits per heavy atom. The fourth-order valence-electron chi connectivity index (χ4n) is 3.11. The van der Waals surface area contributed by atoms with Gasteiger partial charge in [0, 0.05) is 11.1 Å². The van der Waals surface area contributed by atoms with Crippen LogP contribution in [-0.2, 0) is 19.3 Å². The molecule has 5 heteroatoms. The van der Waals surface area contributed by atoms with E-state index in [1.165, 1.54) is 16.8 Å². The minimum atomic E-state index is 0.313. The predicted molar refractivity (Wildman–Crippen MR) is 83.8 cm³/mol. The van der Waals surface area contributed by atoms with Gasteiger partial charge in [-0.25, -0.2) is 5.10 Å². The van der Waals surface area contributed by atoms with Crippen molar-refractivity contribution in [3.8, 4) is 11.5 Å². The number of aryl methyl sites for hydroxylation is 2.